The number of ether oxygens (including phenoxy) is 1. The Balaban J connectivity index is 1.99. The summed E-state index contributed by atoms with van der Waals surface area (Å²) in [5.41, 5.74) is 6.87. The Morgan fingerprint density at radius 2 is 1.90 bits per heavy atom. The molecule has 4 nitrogen and oxygen atoms in total. The molecule has 0 aromatic heterocycles. The first-order chi connectivity index (χ1) is 9.36. The van der Waals surface area contributed by atoms with Gasteiger partial charge in [0, 0.05) is 18.7 Å². The van der Waals surface area contributed by atoms with Gasteiger partial charge < -0.3 is 10.5 Å². The van der Waals surface area contributed by atoms with E-state index in [0.717, 1.165) is 30.6 Å². The zero-order valence-electron chi connectivity index (χ0n) is 12.1. The molecule has 0 heterocycles. The van der Waals surface area contributed by atoms with Gasteiger partial charge in [-0.25, -0.2) is 8.42 Å². The fraction of sp³-hybridized carbons (Fsp3) is 0.600. The number of hydrogen-bond donors (Lipinski definition) is 1. The minimum Gasteiger partial charge on any atom is -0.490 e. The van der Waals surface area contributed by atoms with Gasteiger partial charge in [-0.2, -0.15) is 0 Å². The van der Waals surface area contributed by atoms with Crippen molar-refractivity contribution in [3.05, 3.63) is 29.8 Å². The van der Waals surface area contributed by atoms with Crippen molar-refractivity contribution in [1.82, 2.24) is 0 Å². The van der Waals surface area contributed by atoms with Crippen LogP contribution in [0.1, 0.15) is 44.2 Å². The third-order valence-electron chi connectivity index (χ3n) is 3.89. The second-order valence-corrected chi connectivity index (χ2v) is 8.04. The zero-order chi connectivity index (χ0) is 14.8. The van der Waals surface area contributed by atoms with Gasteiger partial charge in [-0.1, -0.05) is 12.1 Å². The number of hydrogen-bond acceptors (Lipinski definition) is 4. The molecule has 1 saturated carbocycles. The number of rotatable bonds is 4. The van der Waals surface area contributed by atoms with E-state index in [4.69, 9.17) is 10.5 Å². The van der Waals surface area contributed by atoms with E-state index in [1.54, 1.807) is 0 Å². The van der Waals surface area contributed by atoms with Gasteiger partial charge >= 0.3 is 0 Å². The molecule has 112 valence electrons. The molecule has 0 aliphatic heterocycles. The van der Waals surface area contributed by atoms with E-state index < -0.39 is 9.84 Å². The first kappa shape index (κ1) is 15.3. The second kappa shape index (κ2) is 6.14. The first-order valence-electron chi connectivity index (χ1n) is 7.07. The molecule has 0 amide bonds. The molecule has 1 fully saturated rings. The molecule has 3 unspecified atom stereocenters. The molecule has 1 aromatic carbocycles. The normalized spacial score (nSPS) is 25.1. The molecular weight excluding hydrogens is 274 g/mol. The van der Waals surface area contributed by atoms with Gasteiger partial charge in [-0.15, -0.1) is 0 Å². The molecule has 1 aliphatic carbocycles. The zero-order valence-corrected chi connectivity index (χ0v) is 12.9. The fourth-order valence-corrected chi connectivity index (χ4v) is 3.80. The molecule has 5 heteroatoms. The third kappa shape index (κ3) is 3.96. The van der Waals surface area contributed by atoms with Crippen LogP contribution in [0.25, 0.3) is 0 Å². The number of nitrogens with two attached hydrogens (primary N) is 1. The van der Waals surface area contributed by atoms with Gasteiger partial charge in [0.05, 0.1) is 11.4 Å². The maximum Gasteiger partial charge on any atom is 0.150 e. The maximum absolute atomic E-state index is 11.6. The minimum atomic E-state index is -2.97. The Morgan fingerprint density at radius 1 is 1.25 bits per heavy atom. The highest BCUT2D eigenvalue weighted by Crippen LogP contribution is 2.27. The lowest BCUT2D eigenvalue weighted by atomic mass is 9.97. The molecule has 0 saturated heterocycles. The van der Waals surface area contributed by atoms with Crippen LogP contribution in [0.5, 0.6) is 5.75 Å². The summed E-state index contributed by atoms with van der Waals surface area (Å²) in [4.78, 5) is 0. The van der Waals surface area contributed by atoms with Gasteiger partial charge in [-0.05, 0) is 43.9 Å². The van der Waals surface area contributed by atoms with Crippen molar-refractivity contribution in [3.63, 3.8) is 0 Å². The van der Waals surface area contributed by atoms with Crippen LogP contribution in [0, 0.1) is 0 Å². The summed E-state index contributed by atoms with van der Waals surface area (Å²) in [7, 11) is -2.97. The predicted molar refractivity (Wildman–Crippen MR) is 80.6 cm³/mol. The number of sulfone groups is 1. The van der Waals surface area contributed by atoms with Crippen molar-refractivity contribution in [1.29, 1.82) is 0 Å². The topological polar surface area (TPSA) is 69.4 Å². The molecule has 0 spiro atoms. The Labute approximate surface area is 121 Å². The average Bonchev–Trinajstić information content (AvgIpc) is 2.38. The molecular formula is C15H23NO3S. The third-order valence-corrected chi connectivity index (χ3v) is 5.53. The average molecular weight is 297 g/mol. The quantitative estimate of drug-likeness (QED) is 0.926. The summed E-state index contributed by atoms with van der Waals surface area (Å²) < 4.78 is 29.2. The van der Waals surface area contributed by atoms with Crippen molar-refractivity contribution in [2.75, 3.05) is 6.26 Å². The summed E-state index contributed by atoms with van der Waals surface area (Å²) >= 11 is 0. The van der Waals surface area contributed by atoms with Crippen LogP contribution < -0.4 is 10.5 Å². The second-order valence-electron chi connectivity index (χ2n) is 5.72. The van der Waals surface area contributed by atoms with Crippen LogP contribution >= 0.6 is 0 Å². The largest absolute Gasteiger partial charge is 0.490 e. The summed E-state index contributed by atoms with van der Waals surface area (Å²) in [6, 6.07) is 7.73. The molecule has 0 bridgehead atoms. The van der Waals surface area contributed by atoms with E-state index in [2.05, 4.69) is 0 Å². The summed E-state index contributed by atoms with van der Waals surface area (Å²) in [5.74, 6) is 0.786. The lowest BCUT2D eigenvalue weighted by Gasteiger charge is -2.28. The number of benzene rings is 1. The van der Waals surface area contributed by atoms with E-state index in [1.807, 2.05) is 31.2 Å². The van der Waals surface area contributed by atoms with Gasteiger partial charge in [0.1, 0.15) is 15.6 Å². The van der Waals surface area contributed by atoms with Crippen molar-refractivity contribution in [3.8, 4) is 5.75 Å². The smallest absolute Gasteiger partial charge is 0.150 e. The highest BCUT2D eigenvalue weighted by molar-refractivity contribution is 7.91. The monoisotopic (exact) mass is 297 g/mol. The SMILES string of the molecule is CC(N)c1ccc(OC2CCCC(S(C)(=O)=O)C2)cc1. The summed E-state index contributed by atoms with van der Waals surface area (Å²) in [5, 5.41) is -0.260. The van der Waals surface area contributed by atoms with Crippen LogP contribution in [-0.2, 0) is 9.84 Å². The van der Waals surface area contributed by atoms with E-state index in [-0.39, 0.29) is 17.4 Å². The Kier molecular flexibility index (Phi) is 4.70. The van der Waals surface area contributed by atoms with Gasteiger partial charge in [0.25, 0.3) is 0 Å². The van der Waals surface area contributed by atoms with Crippen LogP contribution in [0.3, 0.4) is 0 Å². The molecule has 2 N–H and O–H groups in total. The van der Waals surface area contributed by atoms with Crippen molar-refractivity contribution in [2.24, 2.45) is 5.73 Å². The first-order valence-corrected chi connectivity index (χ1v) is 9.03. The lowest BCUT2D eigenvalue weighted by Crippen LogP contribution is -2.33. The summed E-state index contributed by atoms with van der Waals surface area (Å²) in [6.07, 6.45) is 4.47. The Bertz CT molecular complexity index is 537. The van der Waals surface area contributed by atoms with Gasteiger partial charge in [-0.3, -0.25) is 0 Å². The molecule has 1 aromatic rings. The van der Waals surface area contributed by atoms with Crippen LogP contribution in [0.2, 0.25) is 0 Å². The van der Waals surface area contributed by atoms with E-state index in [1.165, 1.54) is 6.26 Å². The Hall–Kier alpha value is -1.07. The minimum absolute atomic E-state index is 0.00773. The Morgan fingerprint density at radius 3 is 2.45 bits per heavy atom. The lowest BCUT2D eigenvalue weighted by molar-refractivity contribution is 0.156. The van der Waals surface area contributed by atoms with Crippen LogP contribution in [0.15, 0.2) is 24.3 Å². The predicted octanol–water partition coefficient (Wildman–Crippen LogP) is 2.44. The molecule has 1 aliphatic rings. The van der Waals surface area contributed by atoms with Crippen LogP contribution in [0.4, 0.5) is 0 Å². The molecule has 20 heavy (non-hydrogen) atoms. The van der Waals surface area contributed by atoms with Crippen molar-refractivity contribution in [2.45, 2.75) is 50.0 Å². The van der Waals surface area contributed by atoms with E-state index in [0.29, 0.717) is 6.42 Å². The fourth-order valence-electron chi connectivity index (χ4n) is 2.64. The van der Waals surface area contributed by atoms with E-state index >= 15 is 0 Å². The molecule has 2 rings (SSSR count). The standard InChI is InChI=1S/C15H23NO3S/c1-11(16)12-6-8-13(9-7-12)19-14-4-3-5-15(10-14)20(2,17)18/h6-9,11,14-15H,3-5,10,16H2,1-2H3. The van der Waals surface area contributed by atoms with Crippen molar-refractivity contribution >= 4 is 9.84 Å². The molecule has 3 atom stereocenters. The highest BCUT2D eigenvalue weighted by atomic mass is 32.2. The van der Waals surface area contributed by atoms with Gasteiger partial charge in [0.2, 0.25) is 0 Å². The summed E-state index contributed by atoms with van der Waals surface area (Å²) in [6.45, 7) is 1.94. The van der Waals surface area contributed by atoms with E-state index in [9.17, 15) is 8.42 Å². The highest BCUT2D eigenvalue weighted by Gasteiger charge is 2.29. The molecule has 0 radical (unpaired) electrons. The van der Waals surface area contributed by atoms with Crippen LogP contribution in [-0.4, -0.2) is 26.0 Å². The van der Waals surface area contributed by atoms with Gasteiger partial charge in [0.15, 0.2) is 0 Å². The van der Waals surface area contributed by atoms with Crippen molar-refractivity contribution < 1.29 is 13.2 Å². The maximum atomic E-state index is 11.6.